The molecule has 2 aliphatic rings. The summed E-state index contributed by atoms with van der Waals surface area (Å²) in [5.41, 5.74) is 4.21. The van der Waals surface area contributed by atoms with Gasteiger partial charge in [0.25, 0.3) is 0 Å². The van der Waals surface area contributed by atoms with Gasteiger partial charge in [-0.1, -0.05) is 34.1 Å². The lowest BCUT2D eigenvalue weighted by molar-refractivity contribution is -0.0192. The Hall–Kier alpha value is -2.86. The minimum absolute atomic E-state index is 0.104. The maximum Gasteiger partial charge on any atom is 0.215 e. The van der Waals surface area contributed by atoms with Gasteiger partial charge in [-0.05, 0) is 36.4 Å². The summed E-state index contributed by atoms with van der Waals surface area (Å²) >= 11 is 3.59. The summed E-state index contributed by atoms with van der Waals surface area (Å²) in [6.45, 7) is 0. The number of methoxy groups -OCH3 is 1. The molecule has 0 bridgehead atoms. The van der Waals surface area contributed by atoms with E-state index in [9.17, 15) is 0 Å². The molecule has 3 heterocycles. The molecule has 0 aliphatic carbocycles. The molecule has 0 unspecified atom stereocenters. The van der Waals surface area contributed by atoms with Crippen molar-refractivity contribution >= 4 is 21.6 Å². The zero-order valence-electron chi connectivity index (χ0n) is 15.2. The molecule has 0 amide bonds. The Morgan fingerprint density at radius 3 is 2.89 bits per heavy atom. The summed E-state index contributed by atoms with van der Waals surface area (Å²) in [4.78, 5) is 4.26. The number of hydrazone groups is 1. The Morgan fingerprint density at radius 1 is 1.14 bits per heavy atom. The van der Waals surface area contributed by atoms with E-state index in [1.807, 2.05) is 48.7 Å². The number of aromatic nitrogens is 1. The first-order valence-corrected chi connectivity index (χ1v) is 9.88. The smallest absolute Gasteiger partial charge is 0.215 e. The molecular weight excluding hydrogens is 418 g/mol. The SMILES string of the molecule is COc1cccc(C2=NN3[C@@H](c4cccnc4)Oc4ccc(Br)cc4[C@@H]3C2)c1. The lowest BCUT2D eigenvalue weighted by Gasteiger charge is -2.38. The van der Waals surface area contributed by atoms with Crippen molar-refractivity contribution in [1.82, 2.24) is 9.99 Å². The molecule has 2 aliphatic heterocycles. The van der Waals surface area contributed by atoms with Crippen molar-refractivity contribution in [2.24, 2.45) is 5.10 Å². The molecule has 0 spiro atoms. The van der Waals surface area contributed by atoms with Gasteiger partial charge in [-0.2, -0.15) is 5.10 Å². The number of ether oxygens (including phenoxy) is 2. The molecular formula is C22H18BrN3O2. The molecule has 5 rings (SSSR count). The van der Waals surface area contributed by atoms with Crippen LogP contribution in [0.2, 0.25) is 0 Å². The molecule has 0 saturated carbocycles. The molecule has 1 aromatic heterocycles. The Balaban J connectivity index is 1.60. The van der Waals surface area contributed by atoms with Gasteiger partial charge in [-0.15, -0.1) is 0 Å². The van der Waals surface area contributed by atoms with Crippen LogP contribution in [-0.4, -0.2) is 22.8 Å². The third-order valence-electron chi connectivity index (χ3n) is 5.12. The second kappa shape index (κ2) is 6.95. The van der Waals surface area contributed by atoms with Gasteiger partial charge in [-0.3, -0.25) is 4.98 Å². The molecule has 2 atom stereocenters. The van der Waals surface area contributed by atoms with Crippen LogP contribution in [0, 0.1) is 0 Å². The third kappa shape index (κ3) is 2.94. The Kier molecular flexibility index (Phi) is 4.28. The predicted molar refractivity (Wildman–Crippen MR) is 110 cm³/mol. The summed E-state index contributed by atoms with van der Waals surface area (Å²) < 4.78 is 12.8. The number of hydrogen-bond donors (Lipinski definition) is 0. The van der Waals surface area contributed by atoms with Gasteiger partial charge in [0.2, 0.25) is 6.23 Å². The van der Waals surface area contributed by atoms with Gasteiger partial charge in [0.1, 0.15) is 11.5 Å². The maximum atomic E-state index is 6.35. The van der Waals surface area contributed by atoms with Crippen LogP contribution in [-0.2, 0) is 0 Å². The first-order chi connectivity index (χ1) is 13.7. The van der Waals surface area contributed by atoms with Crippen molar-refractivity contribution in [3.63, 3.8) is 0 Å². The lowest BCUT2D eigenvalue weighted by Crippen LogP contribution is -2.33. The molecule has 5 nitrogen and oxygen atoms in total. The van der Waals surface area contributed by atoms with Gasteiger partial charge >= 0.3 is 0 Å². The molecule has 0 N–H and O–H groups in total. The van der Waals surface area contributed by atoms with Gasteiger partial charge in [0, 0.05) is 40.0 Å². The second-order valence-electron chi connectivity index (χ2n) is 6.82. The molecule has 3 aromatic rings. The lowest BCUT2D eigenvalue weighted by atomic mass is 9.96. The molecule has 0 radical (unpaired) electrons. The highest BCUT2D eigenvalue weighted by atomic mass is 79.9. The fourth-order valence-electron chi connectivity index (χ4n) is 3.78. The van der Waals surface area contributed by atoms with Crippen LogP contribution < -0.4 is 9.47 Å². The van der Waals surface area contributed by atoms with Crippen molar-refractivity contribution in [3.8, 4) is 11.5 Å². The van der Waals surface area contributed by atoms with Crippen LogP contribution in [0.15, 0.2) is 76.6 Å². The topological polar surface area (TPSA) is 47.0 Å². The Labute approximate surface area is 171 Å². The normalized spacial score (nSPS) is 20.1. The van der Waals surface area contributed by atoms with E-state index in [4.69, 9.17) is 14.6 Å². The van der Waals surface area contributed by atoms with Gasteiger partial charge < -0.3 is 9.47 Å². The number of nitrogens with zero attached hydrogens (tertiary/aromatic N) is 3. The molecule has 0 saturated heterocycles. The van der Waals surface area contributed by atoms with Crippen LogP contribution in [0.25, 0.3) is 0 Å². The second-order valence-corrected chi connectivity index (χ2v) is 7.73. The van der Waals surface area contributed by atoms with Crippen LogP contribution in [0.5, 0.6) is 11.5 Å². The monoisotopic (exact) mass is 435 g/mol. The summed E-state index contributed by atoms with van der Waals surface area (Å²) in [6, 6.07) is 18.2. The third-order valence-corrected chi connectivity index (χ3v) is 5.62. The summed E-state index contributed by atoms with van der Waals surface area (Å²) in [5.74, 6) is 1.72. The maximum absolute atomic E-state index is 6.35. The van der Waals surface area contributed by atoms with E-state index in [2.05, 4.69) is 38.1 Å². The van der Waals surface area contributed by atoms with Crippen LogP contribution in [0.4, 0.5) is 0 Å². The Bertz CT molecular complexity index is 1050. The summed E-state index contributed by atoms with van der Waals surface area (Å²) in [5, 5.41) is 7.02. The molecule has 28 heavy (non-hydrogen) atoms. The summed E-state index contributed by atoms with van der Waals surface area (Å²) in [6.07, 6.45) is 4.10. The zero-order valence-corrected chi connectivity index (χ0v) is 16.8. The molecule has 0 fully saturated rings. The van der Waals surface area contributed by atoms with Gasteiger partial charge in [0.15, 0.2) is 0 Å². The standard InChI is InChI=1S/C22H18BrN3O2/c1-27-17-6-2-4-14(10-17)19-12-20-18-11-16(23)7-8-21(18)28-22(26(20)25-19)15-5-3-9-24-13-15/h2-11,13,20,22H,12H2,1H3/t20-,22+/m0/s1. The highest BCUT2D eigenvalue weighted by molar-refractivity contribution is 9.10. The summed E-state index contributed by atoms with van der Waals surface area (Å²) in [7, 11) is 1.68. The fraction of sp³-hybridized carbons (Fsp3) is 0.182. The highest BCUT2D eigenvalue weighted by Crippen LogP contribution is 2.48. The van der Waals surface area contributed by atoms with Crippen molar-refractivity contribution in [3.05, 3.63) is 88.2 Å². The van der Waals surface area contributed by atoms with E-state index in [0.717, 1.165) is 44.8 Å². The molecule has 140 valence electrons. The van der Waals surface area contributed by atoms with Crippen molar-refractivity contribution in [1.29, 1.82) is 0 Å². The van der Waals surface area contributed by atoms with E-state index in [1.54, 1.807) is 13.3 Å². The van der Waals surface area contributed by atoms with Gasteiger partial charge in [-0.25, -0.2) is 5.01 Å². The average Bonchev–Trinajstić information content (AvgIpc) is 3.20. The predicted octanol–water partition coefficient (Wildman–Crippen LogP) is 5.10. The molecule has 2 aromatic carbocycles. The minimum atomic E-state index is -0.310. The van der Waals surface area contributed by atoms with Crippen LogP contribution in [0.3, 0.4) is 0 Å². The first-order valence-electron chi connectivity index (χ1n) is 9.09. The van der Waals surface area contributed by atoms with Gasteiger partial charge in [0.05, 0.1) is 18.9 Å². The average molecular weight is 436 g/mol. The van der Waals surface area contributed by atoms with E-state index < -0.39 is 0 Å². The van der Waals surface area contributed by atoms with Crippen LogP contribution in [0.1, 0.15) is 35.4 Å². The number of fused-ring (bicyclic) bond motifs is 3. The first kappa shape index (κ1) is 17.3. The van der Waals surface area contributed by atoms with Crippen LogP contribution >= 0.6 is 15.9 Å². The van der Waals surface area contributed by atoms with E-state index >= 15 is 0 Å². The zero-order chi connectivity index (χ0) is 19.1. The largest absolute Gasteiger partial charge is 0.497 e. The van der Waals surface area contributed by atoms with E-state index in [-0.39, 0.29) is 12.3 Å². The number of benzene rings is 2. The number of pyridine rings is 1. The minimum Gasteiger partial charge on any atom is -0.497 e. The number of halogens is 1. The van der Waals surface area contributed by atoms with Crippen molar-refractivity contribution < 1.29 is 9.47 Å². The molecule has 6 heteroatoms. The quantitative estimate of drug-likeness (QED) is 0.574. The fourth-order valence-corrected chi connectivity index (χ4v) is 4.16. The van der Waals surface area contributed by atoms with Crippen molar-refractivity contribution in [2.45, 2.75) is 18.7 Å². The number of rotatable bonds is 3. The van der Waals surface area contributed by atoms with E-state index in [0.29, 0.717) is 0 Å². The van der Waals surface area contributed by atoms with E-state index in [1.165, 1.54) is 0 Å². The highest BCUT2D eigenvalue weighted by Gasteiger charge is 2.41. The van der Waals surface area contributed by atoms with Crippen molar-refractivity contribution in [2.75, 3.05) is 7.11 Å². The number of hydrogen-bond acceptors (Lipinski definition) is 5. The Morgan fingerprint density at radius 2 is 2.07 bits per heavy atom.